The largest absolute Gasteiger partial charge is 0.508 e. The average Bonchev–Trinajstić information content (AvgIpc) is 3.34. The number of benzene rings is 4. The van der Waals surface area contributed by atoms with Crippen molar-refractivity contribution >= 4 is 36.2 Å². The number of phenols is 1. The Morgan fingerprint density at radius 2 is 1.61 bits per heavy atom. The van der Waals surface area contributed by atoms with Crippen molar-refractivity contribution in [3.63, 3.8) is 0 Å². The third kappa shape index (κ3) is 6.41. The number of rotatable bonds is 9. The smallest absolute Gasteiger partial charge is 0.356 e. The number of anilines is 1. The lowest BCUT2D eigenvalue weighted by atomic mass is 9.92. The summed E-state index contributed by atoms with van der Waals surface area (Å²) in [6.45, 7) is 0. The van der Waals surface area contributed by atoms with Crippen molar-refractivity contribution in [2.24, 2.45) is 0 Å². The van der Waals surface area contributed by atoms with Gasteiger partial charge in [0.25, 0.3) is 0 Å². The Balaban J connectivity index is 1.47. The van der Waals surface area contributed by atoms with Crippen LogP contribution in [0.25, 0.3) is 11.1 Å². The van der Waals surface area contributed by atoms with Crippen molar-refractivity contribution in [2.45, 2.75) is 37.3 Å². The monoisotopic (exact) mass is 593 g/mol. The summed E-state index contributed by atoms with van der Waals surface area (Å²) < 4.78 is 31.3. The highest BCUT2D eigenvalue weighted by Crippen LogP contribution is 2.45. The van der Waals surface area contributed by atoms with Gasteiger partial charge in [-0.3, -0.25) is 4.57 Å². The molecule has 1 saturated heterocycles. The number of halogens is 1. The van der Waals surface area contributed by atoms with E-state index in [4.69, 9.17) is 17.0 Å². The lowest BCUT2D eigenvalue weighted by Gasteiger charge is -2.31. The van der Waals surface area contributed by atoms with Crippen LogP contribution in [0, 0.1) is 5.82 Å². The number of aliphatic hydroxyl groups excluding tert-OH is 1. The second-order valence-corrected chi connectivity index (χ2v) is 11.8. The average molecular weight is 594 g/mol. The van der Waals surface area contributed by atoms with Gasteiger partial charge in [0.1, 0.15) is 11.6 Å². The summed E-state index contributed by atoms with van der Waals surface area (Å²) in [7, 11) is -4.36. The van der Waals surface area contributed by atoms with Gasteiger partial charge in [0.05, 0.1) is 23.6 Å². The number of nitrogens with zero attached hydrogens (tertiary/aromatic N) is 1. The van der Waals surface area contributed by atoms with Crippen molar-refractivity contribution in [1.82, 2.24) is 0 Å². The highest BCUT2D eigenvalue weighted by molar-refractivity contribution is 7.79. The molecule has 4 aromatic rings. The zero-order valence-corrected chi connectivity index (χ0v) is 23.5. The first-order valence-corrected chi connectivity index (χ1v) is 15.1. The fourth-order valence-corrected chi connectivity index (χ4v) is 5.97. The van der Waals surface area contributed by atoms with E-state index in [9.17, 15) is 29.0 Å². The van der Waals surface area contributed by atoms with Crippen LogP contribution in [0.4, 0.5) is 10.1 Å². The van der Waals surface area contributed by atoms with Gasteiger partial charge in [-0.1, -0.05) is 66.8 Å². The molecule has 0 bridgehead atoms. The van der Waals surface area contributed by atoms with Crippen LogP contribution < -0.4 is 10.2 Å². The molecular weight excluding hydrogens is 564 g/mol. The molecule has 0 aromatic heterocycles. The predicted octanol–water partition coefficient (Wildman–Crippen LogP) is 5.79. The van der Waals surface area contributed by atoms with Crippen LogP contribution in [0.15, 0.2) is 97.1 Å². The summed E-state index contributed by atoms with van der Waals surface area (Å²) in [5, 5.41) is 23.5. The maximum atomic E-state index is 13.4. The highest BCUT2D eigenvalue weighted by Gasteiger charge is 2.43. The summed E-state index contributed by atoms with van der Waals surface area (Å²) in [5.41, 5.74) is 3.40. The quantitative estimate of drug-likeness (QED) is 0.143. The van der Waals surface area contributed by atoms with Crippen LogP contribution in [-0.4, -0.2) is 37.7 Å². The van der Waals surface area contributed by atoms with E-state index in [-0.39, 0.29) is 16.9 Å². The second-order valence-electron chi connectivity index (χ2n) is 9.90. The Kier molecular flexibility index (Phi) is 8.66. The van der Waals surface area contributed by atoms with Gasteiger partial charge in [-0.2, -0.15) is 0 Å². The van der Waals surface area contributed by atoms with E-state index < -0.39 is 32.1 Å². The number of phenolic OH excluding ortho intramolecular Hbond substituents is 1. The molecule has 212 valence electrons. The van der Waals surface area contributed by atoms with Crippen LogP contribution in [-0.2, 0) is 9.30 Å². The molecule has 0 spiro atoms. The van der Waals surface area contributed by atoms with Crippen molar-refractivity contribution < 1.29 is 33.7 Å². The molecule has 0 saturated carbocycles. The number of hydrogen-bond donors (Lipinski definition) is 4. The molecule has 0 radical (unpaired) electrons. The van der Waals surface area contributed by atoms with E-state index in [1.165, 1.54) is 29.6 Å². The van der Waals surface area contributed by atoms with E-state index in [1.54, 1.807) is 36.4 Å². The minimum atomic E-state index is -4.36. The molecular formula is C31H29FNO6PS. The van der Waals surface area contributed by atoms with E-state index in [0.29, 0.717) is 35.1 Å². The molecule has 0 aliphatic carbocycles. The maximum Gasteiger partial charge on any atom is 0.356 e. The first kappa shape index (κ1) is 29.1. The third-order valence-electron chi connectivity index (χ3n) is 7.28. The van der Waals surface area contributed by atoms with Crippen LogP contribution in [0.1, 0.15) is 36.1 Å². The summed E-state index contributed by atoms with van der Waals surface area (Å²) >= 11 is 5.33. The molecule has 1 heterocycles. The first-order valence-electron chi connectivity index (χ1n) is 13.0. The summed E-state index contributed by atoms with van der Waals surface area (Å²) in [6.07, 6.45) is -1.08. The Morgan fingerprint density at radius 1 is 0.951 bits per heavy atom. The van der Waals surface area contributed by atoms with Gasteiger partial charge >= 0.3 is 7.60 Å². The molecule has 1 fully saturated rings. The molecule has 4 aromatic carbocycles. The maximum absolute atomic E-state index is 13.4. The molecule has 4 N–H and O–H groups in total. The minimum absolute atomic E-state index is 0.0187. The van der Waals surface area contributed by atoms with Gasteiger partial charge < -0.3 is 29.6 Å². The molecule has 41 heavy (non-hydrogen) atoms. The van der Waals surface area contributed by atoms with E-state index in [2.05, 4.69) is 0 Å². The molecule has 7 nitrogen and oxygen atoms in total. The fourth-order valence-electron chi connectivity index (χ4n) is 5.23. The number of thiocarbonyl (C=S) groups is 1. The Bertz CT molecular complexity index is 1550. The number of aromatic hydroxyl groups is 1. The van der Waals surface area contributed by atoms with Crippen molar-refractivity contribution in [3.8, 4) is 16.9 Å². The second kappa shape index (κ2) is 12.2. The Morgan fingerprint density at radius 3 is 2.22 bits per heavy atom. The van der Waals surface area contributed by atoms with Crippen molar-refractivity contribution in [3.05, 3.63) is 114 Å². The van der Waals surface area contributed by atoms with Crippen molar-refractivity contribution in [2.75, 3.05) is 4.90 Å². The lowest BCUT2D eigenvalue weighted by Crippen LogP contribution is -2.33. The van der Waals surface area contributed by atoms with Gasteiger partial charge in [-0.05, 0) is 72.0 Å². The minimum Gasteiger partial charge on any atom is -0.508 e. The summed E-state index contributed by atoms with van der Waals surface area (Å²) in [4.78, 5) is 20.8. The Hall–Kier alpha value is -3.43. The SMILES string of the molecule is O=P(O)(O)c1ccc(-c2ccc(C3C(CCC(O)c4ccc(F)cc4)OC(C=S)N3c3ccccc3)c(O)c2)cc1. The van der Waals surface area contributed by atoms with Gasteiger partial charge in [-0.15, -0.1) is 0 Å². The molecule has 10 heteroatoms. The molecule has 4 atom stereocenters. The summed E-state index contributed by atoms with van der Waals surface area (Å²) in [6, 6.07) is 26.1. The molecule has 4 unspecified atom stereocenters. The number of hydrogen-bond acceptors (Lipinski definition) is 6. The molecule has 0 amide bonds. The zero-order valence-electron chi connectivity index (χ0n) is 21.8. The lowest BCUT2D eigenvalue weighted by molar-refractivity contribution is 0.0564. The normalized spacial score (nSPS) is 19.7. The predicted molar refractivity (Wildman–Crippen MR) is 160 cm³/mol. The van der Waals surface area contributed by atoms with Gasteiger partial charge in [0, 0.05) is 16.6 Å². The topological polar surface area (TPSA) is 110 Å². The fraction of sp³-hybridized carbons (Fsp3) is 0.194. The zero-order chi connectivity index (χ0) is 29.1. The van der Waals surface area contributed by atoms with Gasteiger partial charge in [0.2, 0.25) is 0 Å². The third-order valence-corrected chi connectivity index (χ3v) is 8.48. The first-order chi connectivity index (χ1) is 19.7. The number of ether oxygens (including phenoxy) is 1. The highest BCUT2D eigenvalue weighted by atomic mass is 32.1. The summed E-state index contributed by atoms with van der Waals surface area (Å²) in [5.74, 6) is -0.357. The van der Waals surface area contributed by atoms with Crippen molar-refractivity contribution in [1.29, 1.82) is 0 Å². The molecule has 1 aliphatic heterocycles. The number of para-hydroxylation sites is 1. The van der Waals surface area contributed by atoms with E-state index >= 15 is 0 Å². The van der Waals surface area contributed by atoms with Crippen LogP contribution >= 0.6 is 19.8 Å². The Labute approximate surface area is 242 Å². The standard InChI is InChI=1S/C31H29FNO6PS/c32-23-11-6-21(7-12-23)27(34)16-17-29-31(33(30(19-41)39-29)24-4-2-1-3-5-24)26-15-10-22(18-28(26)35)20-8-13-25(14-9-20)40(36,37)38/h1-15,18-19,27,29-31,34-35H,16-17H2,(H2,36,37,38). The van der Waals surface area contributed by atoms with Crippen LogP contribution in [0.3, 0.4) is 0 Å². The van der Waals surface area contributed by atoms with E-state index in [1.807, 2.05) is 41.3 Å². The van der Waals surface area contributed by atoms with Crippen LogP contribution in [0.2, 0.25) is 0 Å². The number of aliphatic hydroxyl groups is 1. The molecule has 1 aliphatic rings. The van der Waals surface area contributed by atoms with Gasteiger partial charge in [-0.25, -0.2) is 4.39 Å². The van der Waals surface area contributed by atoms with Crippen LogP contribution in [0.5, 0.6) is 5.75 Å². The van der Waals surface area contributed by atoms with E-state index in [0.717, 1.165) is 5.69 Å². The molecule has 5 rings (SSSR count). The van der Waals surface area contributed by atoms with Gasteiger partial charge in [0.15, 0.2) is 6.23 Å².